The van der Waals surface area contributed by atoms with Crippen molar-refractivity contribution in [2.75, 3.05) is 18.5 Å². The summed E-state index contributed by atoms with van der Waals surface area (Å²) < 4.78 is 31.6. The van der Waals surface area contributed by atoms with E-state index in [1.165, 1.54) is 24.3 Å². The largest absolute Gasteiger partial charge is 0.492 e. The molecular weight excluding hydrogens is 280 g/mol. The molecule has 0 unspecified atom stereocenters. The number of aromatic carboxylic acids is 1. The quantitative estimate of drug-likeness (QED) is 0.803. The Hall–Kier alpha value is -2.63. The van der Waals surface area contributed by atoms with Gasteiger partial charge >= 0.3 is 5.97 Å². The zero-order valence-corrected chi connectivity index (χ0v) is 11.0. The molecular formula is C15H13F2NO3. The monoisotopic (exact) mass is 293 g/mol. The lowest BCUT2D eigenvalue weighted by molar-refractivity contribution is 0.0697. The number of carboxylic acid groups (broad SMARTS) is 1. The van der Waals surface area contributed by atoms with E-state index in [4.69, 9.17) is 9.84 Å². The van der Waals surface area contributed by atoms with E-state index >= 15 is 0 Å². The Morgan fingerprint density at radius 3 is 2.52 bits per heavy atom. The van der Waals surface area contributed by atoms with E-state index in [1.807, 2.05) is 0 Å². The van der Waals surface area contributed by atoms with E-state index in [2.05, 4.69) is 5.32 Å². The van der Waals surface area contributed by atoms with Crippen molar-refractivity contribution in [2.45, 2.75) is 0 Å². The molecule has 0 aromatic heterocycles. The van der Waals surface area contributed by atoms with Crippen LogP contribution in [-0.4, -0.2) is 24.2 Å². The molecule has 2 N–H and O–H groups in total. The maximum atomic E-state index is 13.3. The highest BCUT2D eigenvalue weighted by atomic mass is 19.1. The molecule has 0 saturated carbocycles. The highest BCUT2D eigenvalue weighted by molar-refractivity contribution is 5.87. The first kappa shape index (κ1) is 14.8. The SMILES string of the molecule is O=C(O)c1ccc(OCCNc2cc(F)ccc2F)cc1. The lowest BCUT2D eigenvalue weighted by Crippen LogP contribution is -2.12. The van der Waals surface area contributed by atoms with Gasteiger partial charge in [0, 0.05) is 6.54 Å². The van der Waals surface area contributed by atoms with Crippen LogP contribution in [0, 0.1) is 11.6 Å². The van der Waals surface area contributed by atoms with Crippen LogP contribution < -0.4 is 10.1 Å². The van der Waals surface area contributed by atoms with Gasteiger partial charge in [0.1, 0.15) is 24.0 Å². The first-order valence-electron chi connectivity index (χ1n) is 6.21. The van der Waals surface area contributed by atoms with E-state index in [1.54, 1.807) is 0 Å². The number of rotatable bonds is 6. The van der Waals surface area contributed by atoms with Gasteiger partial charge in [-0.1, -0.05) is 0 Å². The number of carboxylic acids is 1. The fourth-order valence-electron chi connectivity index (χ4n) is 1.68. The number of carbonyl (C=O) groups is 1. The predicted octanol–water partition coefficient (Wildman–Crippen LogP) is 3.15. The van der Waals surface area contributed by atoms with Crippen LogP contribution in [0.1, 0.15) is 10.4 Å². The summed E-state index contributed by atoms with van der Waals surface area (Å²) in [7, 11) is 0. The average Bonchev–Trinajstić information content (AvgIpc) is 2.47. The van der Waals surface area contributed by atoms with Gasteiger partial charge < -0.3 is 15.2 Å². The van der Waals surface area contributed by atoms with Crippen molar-refractivity contribution in [3.63, 3.8) is 0 Å². The van der Waals surface area contributed by atoms with Crippen molar-refractivity contribution in [1.82, 2.24) is 0 Å². The molecule has 0 aliphatic rings. The third-order valence-corrected chi connectivity index (χ3v) is 2.72. The second kappa shape index (κ2) is 6.69. The van der Waals surface area contributed by atoms with Gasteiger partial charge in [-0.25, -0.2) is 13.6 Å². The summed E-state index contributed by atoms with van der Waals surface area (Å²) in [4.78, 5) is 10.7. The van der Waals surface area contributed by atoms with Gasteiger partial charge in [0.25, 0.3) is 0 Å². The lowest BCUT2D eigenvalue weighted by Gasteiger charge is -2.09. The number of ether oxygens (including phenoxy) is 1. The number of benzene rings is 2. The molecule has 0 radical (unpaired) electrons. The molecule has 2 rings (SSSR count). The van der Waals surface area contributed by atoms with Crippen LogP contribution in [0.4, 0.5) is 14.5 Å². The van der Waals surface area contributed by atoms with Gasteiger partial charge in [0.05, 0.1) is 11.3 Å². The van der Waals surface area contributed by atoms with Gasteiger partial charge in [-0.2, -0.15) is 0 Å². The summed E-state index contributed by atoms with van der Waals surface area (Å²) in [5.41, 5.74) is 0.238. The standard InChI is InChI=1S/C15H13F2NO3/c16-11-3-6-13(17)14(9-11)18-7-8-21-12-4-1-10(2-5-12)15(19)20/h1-6,9,18H,7-8H2,(H,19,20). The van der Waals surface area contributed by atoms with Crippen LogP contribution in [0.15, 0.2) is 42.5 Å². The predicted molar refractivity (Wildman–Crippen MR) is 73.7 cm³/mol. The number of halogens is 2. The number of anilines is 1. The van der Waals surface area contributed by atoms with Crippen LogP contribution in [0.5, 0.6) is 5.75 Å². The molecule has 2 aromatic carbocycles. The summed E-state index contributed by atoms with van der Waals surface area (Å²) in [6, 6.07) is 9.08. The molecule has 6 heteroatoms. The highest BCUT2D eigenvalue weighted by Gasteiger charge is 2.04. The molecule has 21 heavy (non-hydrogen) atoms. The molecule has 0 amide bonds. The molecule has 2 aromatic rings. The van der Waals surface area contributed by atoms with Crippen LogP contribution in [0.2, 0.25) is 0 Å². The second-order valence-electron chi connectivity index (χ2n) is 4.23. The van der Waals surface area contributed by atoms with Crippen LogP contribution in [0.25, 0.3) is 0 Å². The van der Waals surface area contributed by atoms with E-state index in [-0.39, 0.29) is 24.4 Å². The molecule has 0 heterocycles. The molecule has 110 valence electrons. The minimum absolute atomic E-state index is 0.0693. The third-order valence-electron chi connectivity index (χ3n) is 2.72. The molecule has 0 spiro atoms. The number of nitrogens with one attached hydrogen (secondary N) is 1. The Balaban J connectivity index is 1.81. The Kier molecular flexibility index (Phi) is 4.71. The van der Waals surface area contributed by atoms with Gasteiger partial charge in [0.15, 0.2) is 0 Å². The van der Waals surface area contributed by atoms with Crippen molar-refractivity contribution >= 4 is 11.7 Å². The molecule has 0 fully saturated rings. The van der Waals surface area contributed by atoms with Crippen LogP contribution >= 0.6 is 0 Å². The van der Waals surface area contributed by atoms with Crippen molar-refractivity contribution in [2.24, 2.45) is 0 Å². The number of hydrogen-bond donors (Lipinski definition) is 2. The highest BCUT2D eigenvalue weighted by Crippen LogP contribution is 2.15. The fraction of sp³-hybridized carbons (Fsp3) is 0.133. The van der Waals surface area contributed by atoms with Gasteiger partial charge in [0.2, 0.25) is 0 Å². The maximum Gasteiger partial charge on any atom is 0.335 e. The second-order valence-corrected chi connectivity index (χ2v) is 4.23. The summed E-state index contributed by atoms with van der Waals surface area (Å²) in [5.74, 6) is -1.57. The number of hydrogen-bond acceptors (Lipinski definition) is 3. The Bertz CT molecular complexity index is 629. The molecule has 0 aliphatic heterocycles. The minimum atomic E-state index is -1.01. The minimum Gasteiger partial charge on any atom is -0.492 e. The van der Waals surface area contributed by atoms with Crippen molar-refractivity contribution < 1.29 is 23.4 Å². The maximum absolute atomic E-state index is 13.3. The van der Waals surface area contributed by atoms with Crippen LogP contribution in [-0.2, 0) is 0 Å². The molecule has 0 atom stereocenters. The first-order chi connectivity index (χ1) is 10.1. The molecule has 0 bridgehead atoms. The van der Waals surface area contributed by atoms with Gasteiger partial charge in [-0.3, -0.25) is 0 Å². The normalized spacial score (nSPS) is 10.2. The van der Waals surface area contributed by atoms with Crippen molar-refractivity contribution in [1.29, 1.82) is 0 Å². The van der Waals surface area contributed by atoms with E-state index in [0.29, 0.717) is 5.75 Å². The summed E-state index contributed by atoms with van der Waals surface area (Å²) >= 11 is 0. The first-order valence-corrected chi connectivity index (χ1v) is 6.21. The Labute approximate surface area is 120 Å². The zero-order valence-electron chi connectivity index (χ0n) is 11.0. The third kappa shape index (κ3) is 4.17. The molecule has 0 aliphatic carbocycles. The van der Waals surface area contributed by atoms with Gasteiger partial charge in [-0.05, 0) is 42.5 Å². The Morgan fingerprint density at radius 2 is 1.86 bits per heavy atom. The molecule has 0 saturated heterocycles. The van der Waals surface area contributed by atoms with Crippen molar-refractivity contribution in [3.8, 4) is 5.75 Å². The summed E-state index contributed by atoms with van der Waals surface area (Å²) in [6.07, 6.45) is 0. The van der Waals surface area contributed by atoms with E-state index in [0.717, 1.165) is 18.2 Å². The van der Waals surface area contributed by atoms with Crippen molar-refractivity contribution in [3.05, 3.63) is 59.7 Å². The van der Waals surface area contributed by atoms with Gasteiger partial charge in [-0.15, -0.1) is 0 Å². The zero-order chi connectivity index (χ0) is 15.2. The topological polar surface area (TPSA) is 58.6 Å². The fourth-order valence-corrected chi connectivity index (χ4v) is 1.68. The smallest absolute Gasteiger partial charge is 0.335 e. The Morgan fingerprint density at radius 1 is 1.14 bits per heavy atom. The van der Waals surface area contributed by atoms with E-state index < -0.39 is 17.6 Å². The summed E-state index contributed by atoms with van der Waals surface area (Å²) in [5, 5.41) is 11.5. The summed E-state index contributed by atoms with van der Waals surface area (Å²) in [6.45, 7) is 0.503. The lowest BCUT2D eigenvalue weighted by atomic mass is 10.2. The van der Waals surface area contributed by atoms with Crippen LogP contribution in [0.3, 0.4) is 0 Å². The van der Waals surface area contributed by atoms with E-state index in [9.17, 15) is 13.6 Å². The average molecular weight is 293 g/mol. The molecule has 4 nitrogen and oxygen atoms in total.